The van der Waals surface area contributed by atoms with Gasteiger partial charge >= 0.3 is 0 Å². The fourth-order valence-electron chi connectivity index (χ4n) is 3.24. The number of aromatic nitrogens is 1. The van der Waals surface area contributed by atoms with E-state index in [0.717, 1.165) is 25.3 Å². The average molecular weight is 306 g/mol. The van der Waals surface area contributed by atoms with E-state index in [2.05, 4.69) is 25.8 Å². The maximum Gasteiger partial charge on any atom is 0.193 e. The number of rotatable bonds is 5. The highest BCUT2D eigenvalue weighted by atomic mass is 16.3. The van der Waals surface area contributed by atoms with E-state index in [9.17, 15) is 5.11 Å². The molecule has 1 aromatic rings. The summed E-state index contributed by atoms with van der Waals surface area (Å²) in [5, 5.41) is 13.7. The van der Waals surface area contributed by atoms with Crippen molar-refractivity contribution < 1.29 is 5.11 Å². The minimum Gasteiger partial charge on any atom is -0.391 e. The van der Waals surface area contributed by atoms with E-state index >= 15 is 0 Å². The van der Waals surface area contributed by atoms with Crippen molar-refractivity contribution in [3.63, 3.8) is 0 Å². The van der Waals surface area contributed by atoms with Gasteiger partial charge in [0.25, 0.3) is 0 Å². The summed E-state index contributed by atoms with van der Waals surface area (Å²) in [4.78, 5) is 6.41. The number of aliphatic hydroxyl groups is 1. The highest BCUT2D eigenvalue weighted by molar-refractivity contribution is 5.79. The van der Waals surface area contributed by atoms with Crippen LogP contribution in [0.4, 0.5) is 0 Å². The fourth-order valence-corrected chi connectivity index (χ4v) is 3.24. The van der Waals surface area contributed by atoms with Crippen molar-refractivity contribution in [1.82, 2.24) is 14.8 Å². The van der Waals surface area contributed by atoms with Crippen LogP contribution in [-0.4, -0.2) is 47.3 Å². The molecule has 5 heteroatoms. The van der Waals surface area contributed by atoms with Crippen molar-refractivity contribution in [2.45, 2.75) is 44.8 Å². The molecule has 1 fully saturated rings. The van der Waals surface area contributed by atoms with Crippen LogP contribution >= 0.6 is 0 Å². The third kappa shape index (κ3) is 4.50. The third-order valence-corrected chi connectivity index (χ3v) is 4.69. The van der Waals surface area contributed by atoms with E-state index in [1.165, 1.54) is 25.0 Å². The Morgan fingerprint density at radius 1 is 1.45 bits per heavy atom. The van der Waals surface area contributed by atoms with Crippen LogP contribution in [-0.2, 0) is 13.6 Å². The van der Waals surface area contributed by atoms with Crippen molar-refractivity contribution in [2.75, 3.05) is 20.6 Å². The Hall–Kier alpha value is -1.49. The van der Waals surface area contributed by atoms with E-state index in [1.54, 1.807) is 7.05 Å². The Kier molecular flexibility index (Phi) is 6.31. The van der Waals surface area contributed by atoms with Gasteiger partial charge in [-0.1, -0.05) is 19.3 Å². The first-order chi connectivity index (χ1) is 10.6. The van der Waals surface area contributed by atoms with Crippen LogP contribution in [0.25, 0.3) is 0 Å². The molecule has 2 rings (SSSR count). The number of nitrogens with zero attached hydrogens (tertiary/aromatic N) is 3. The molecule has 1 aliphatic rings. The highest BCUT2D eigenvalue weighted by Gasteiger charge is 2.22. The van der Waals surface area contributed by atoms with E-state index in [4.69, 9.17) is 0 Å². The molecule has 124 valence electrons. The standard InChI is InChI=1S/C17H30N4O/c1-18-17(21(3)13-15-10-7-11-20(15)2)19-12-16(22)14-8-5-4-6-9-14/h7,10-11,14,16,22H,4-6,8-9,12-13H2,1-3H3,(H,18,19). The van der Waals surface area contributed by atoms with Crippen molar-refractivity contribution in [2.24, 2.45) is 18.0 Å². The number of hydrogen-bond acceptors (Lipinski definition) is 2. The maximum atomic E-state index is 10.4. The minimum atomic E-state index is -0.277. The van der Waals surface area contributed by atoms with Gasteiger partial charge < -0.3 is 19.9 Å². The number of aliphatic hydroxyl groups excluding tert-OH is 1. The first-order valence-electron chi connectivity index (χ1n) is 8.32. The van der Waals surface area contributed by atoms with Gasteiger partial charge in [-0.3, -0.25) is 4.99 Å². The Morgan fingerprint density at radius 2 is 2.18 bits per heavy atom. The summed E-state index contributed by atoms with van der Waals surface area (Å²) in [5.74, 6) is 1.27. The summed E-state index contributed by atoms with van der Waals surface area (Å²) in [7, 11) is 5.86. The van der Waals surface area contributed by atoms with Gasteiger partial charge in [0.2, 0.25) is 0 Å². The second kappa shape index (κ2) is 8.22. The van der Waals surface area contributed by atoms with Crippen LogP contribution in [0.5, 0.6) is 0 Å². The van der Waals surface area contributed by atoms with Crippen molar-refractivity contribution in [3.05, 3.63) is 24.0 Å². The van der Waals surface area contributed by atoms with Crippen LogP contribution in [0, 0.1) is 5.92 Å². The molecule has 1 heterocycles. The number of hydrogen-bond donors (Lipinski definition) is 2. The molecule has 5 nitrogen and oxygen atoms in total. The number of aryl methyl sites for hydroxylation is 1. The normalized spacial score (nSPS) is 18.3. The number of guanidine groups is 1. The molecule has 0 amide bonds. The summed E-state index contributed by atoms with van der Waals surface area (Å²) in [6, 6.07) is 4.16. The first kappa shape index (κ1) is 16.9. The van der Waals surface area contributed by atoms with Crippen molar-refractivity contribution in [1.29, 1.82) is 0 Å². The summed E-state index contributed by atoms with van der Waals surface area (Å²) < 4.78 is 2.11. The maximum absolute atomic E-state index is 10.4. The Balaban J connectivity index is 1.82. The Morgan fingerprint density at radius 3 is 2.77 bits per heavy atom. The zero-order valence-electron chi connectivity index (χ0n) is 14.1. The largest absolute Gasteiger partial charge is 0.391 e. The topological polar surface area (TPSA) is 52.8 Å². The zero-order valence-corrected chi connectivity index (χ0v) is 14.1. The Labute approximate surface area is 134 Å². The lowest BCUT2D eigenvalue weighted by molar-refractivity contribution is 0.0874. The van der Waals surface area contributed by atoms with E-state index in [-0.39, 0.29) is 6.10 Å². The van der Waals surface area contributed by atoms with Crippen molar-refractivity contribution in [3.8, 4) is 0 Å². The minimum absolute atomic E-state index is 0.277. The third-order valence-electron chi connectivity index (χ3n) is 4.69. The van der Waals surface area contributed by atoms with Gasteiger partial charge in [-0.2, -0.15) is 0 Å². The molecule has 22 heavy (non-hydrogen) atoms. The molecule has 1 unspecified atom stereocenters. The molecule has 0 radical (unpaired) electrons. The number of nitrogens with one attached hydrogen (secondary N) is 1. The average Bonchev–Trinajstić information content (AvgIpc) is 2.93. The summed E-state index contributed by atoms with van der Waals surface area (Å²) in [5.41, 5.74) is 1.23. The molecule has 0 aliphatic heterocycles. The smallest absolute Gasteiger partial charge is 0.193 e. The highest BCUT2D eigenvalue weighted by Crippen LogP contribution is 2.26. The molecular formula is C17H30N4O. The molecule has 1 atom stereocenters. The van der Waals surface area contributed by atoms with Crippen LogP contribution in [0.2, 0.25) is 0 Å². The second-order valence-electron chi connectivity index (χ2n) is 6.36. The molecule has 0 aromatic carbocycles. The fraction of sp³-hybridized carbons (Fsp3) is 0.706. The van der Waals surface area contributed by atoms with E-state index in [1.807, 2.05) is 26.4 Å². The van der Waals surface area contributed by atoms with Gasteiger partial charge in [0, 0.05) is 39.6 Å². The molecular weight excluding hydrogens is 276 g/mol. The lowest BCUT2D eigenvalue weighted by atomic mass is 9.85. The van der Waals surface area contributed by atoms with Crippen LogP contribution in [0.15, 0.2) is 23.3 Å². The molecule has 0 spiro atoms. The van der Waals surface area contributed by atoms with Crippen LogP contribution in [0.1, 0.15) is 37.8 Å². The SMILES string of the molecule is CN=C(NCC(O)C1CCCCC1)N(C)Cc1cccn1C. The lowest BCUT2D eigenvalue weighted by Gasteiger charge is -2.28. The summed E-state index contributed by atoms with van der Waals surface area (Å²) in [6.07, 6.45) is 7.90. The summed E-state index contributed by atoms with van der Waals surface area (Å²) in [6.45, 7) is 1.37. The quantitative estimate of drug-likeness (QED) is 0.646. The predicted molar refractivity (Wildman–Crippen MR) is 90.8 cm³/mol. The van der Waals surface area contributed by atoms with Gasteiger partial charge in [-0.15, -0.1) is 0 Å². The zero-order chi connectivity index (χ0) is 15.9. The summed E-state index contributed by atoms with van der Waals surface area (Å²) >= 11 is 0. The Bertz CT molecular complexity index is 477. The molecule has 1 saturated carbocycles. The van der Waals surface area contributed by atoms with Gasteiger partial charge in [0.1, 0.15) is 0 Å². The van der Waals surface area contributed by atoms with Crippen LogP contribution in [0.3, 0.4) is 0 Å². The molecule has 2 N–H and O–H groups in total. The predicted octanol–water partition coefficient (Wildman–Crippen LogP) is 1.97. The number of aliphatic imine (C=N–C) groups is 1. The van der Waals surface area contributed by atoms with Crippen LogP contribution < -0.4 is 5.32 Å². The monoisotopic (exact) mass is 306 g/mol. The van der Waals surface area contributed by atoms with Gasteiger partial charge in [-0.05, 0) is 30.9 Å². The first-order valence-corrected chi connectivity index (χ1v) is 8.32. The second-order valence-corrected chi connectivity index (χ2v) is 6.36. The van der Waals surface area contributed by atoms with Gasteiger partial charge in [0.05, 0.1) is 12.6 Å². The van der Waals surface area contributed by atoms with Gasteiger partial charge in [0.15, 0.2) is 5.96 Å². The lowest BCUT2D eigenvalue weighted by Crippen LogP contribution is -2.44. The van der Waals surface area contributed by atoms with E-state index < -0.39 is 0 Å². The molecule has 0 bridgehead atoms. The molecule has 0 saturated heterocycles. The van der Waals surface area contributed by atoms with Gasteiger partial charge in [-0.25, -0.2) is 0 Å². The van der Waals surface area contributed by atoms with Crippen molar-refractivity contribution >= 4 is 5.96 Å². The molecule has 1 aliphatic carbocycles. The molecule has 1 aromatic heterocycles. The van der Waals surface area contributed by atoms with E-state index in [0.29, 0.717) is 12.5 Å².